The highest BCUT2D eigenvalue weighted by molar-refractivity contribution is 5.08. The van der Waals surface area contributed by atoms with E-state index in [1.54, 1.807) is 0 Å². The Labute approximate surface area is 110 Å². The summed E-state index contributed by atoms with van der Waals surface area (Å²) in [5, 5.41) is 7.34. The molecule has 1 fully saturated rings. The second kappa shape index (κ2) is 5.83. The number of hydrogen-bond donors (Lipinski definition) is 1. The van der Waals surface area contributed by atoms with Crippen LogP contribution >= 0.6 is 0 Å². The maximum Gasteiger partial charge on any atom is 0.232 e. The predicted molar refractivity (Wildman–Crippen MR) is 71.3 cm³/mol. The van der Waals surface area contributed by atoms with E-state index in [1.165, 1.54) is 25.7 Å². The molecule has 2 rings (SSSR count). The summed E-state index contributed by atoms with van der Waals surface area (Å²) in [7, 11) is 0. The summed E-state index contributed by atoms with van der Waals surface area (Å²) in [6.45, 7) is 8.27. The SMILES string of the molecule is CCNCc1noc(C2(CC(C)C)CCCC2)n1. The summed E-state index contributed by atoms with van der Waals surface area (Å²) in [5.74, 6) is 2.34. The van der Waals surface area contributed by atoms with E-state index < -0.39 is 0 Å². The molecular weight excluding hydrogens is 226 g/mol. The van der Waals surface area contributed by atoms with E-state index in [4.69, 9.17) is 4.52 Å². The van der Waals surface area contributed by atoms with Crippen LogP contribution in [-0.4, -0.2) is 16.7 Å². The van der Waals surface area contributed by atoms with Crippen LogP contribution in [0.3, 0.4) is 0 Å². The molecule has 0 saturated heterocycles. The second-order valence-corrected chi connectivity index (χ2v) is 5.88. The molecule has 0 spiro atoms. The highest BCUT2D eigenvalue weighted by atomic mass is 16.5. The summed E-state index contributed by atoms with van der Waals surface area (Å²) in [6, 6.07) is 0. The first-order valence-electron chi connectivity index (χ1n) is 7.20. The summed E-state index contributed by atoms with van der Waals surface area (Å²) in [5.41, 5.74) is 0.158. The Bertz CT molecular complexity index is 367. The molecule has 0 amide bonds. The standard InChI is InChI=1S/C14H25N3O/c1-4-15-10-12-16-13(18-17-12)14(9-11(2)3)7-5-6-8-14/h11,15H,4-10H2,1-3H3. The first-order chi connectivity index (χ1) is 8.66. The third-order valence-corrected chi connectivity index (χ3v) is 3.81. The van der Waals surface area contributed by atoms with E-state index in [9.17, 15) is 0 Å². The number of aromatic nitrogens is 2. The van der Waals surface area contributed by atoms with Crippen molar-refractivity contribution in [3.05, 3.63) is 11.7 Å². The van der Waals surface area contributed by atoms with Gasteiger partial charge in [-0.15, -0.1) is 0 Å². The van der Waals surface area contributed by atoms with E-state index in [0.717, 1.165) is 24.7 Å². The van der Waals surface area contributed by atoms with E-state index >= 15 is 0 Å². The van der Waals surface area contributed by atoms with Crippen molar-refractivity contribution in [3.8, 4) is 0 Å². The minimum absolute atomic E-state index is 0.158. The third kappa shape index (κ3) is 2.91. The molecule has 1 aliphatic rings. The molecule has 18 heavy (non-hydrogen) atoms. The molecule has 1 saturated carbocycles. The lowest BCUT2D eigenvalue weighted by Gasteiger charge is -2.26. The Hall–Kier alpha value is -0.900. The van der Waals surface area contributed by atoms with Gasteiger partial charge in [-0.25, -0.2) is 0 Å². The molecule has 1 aromatic heterocycles. The van der Waals surface area contributed by atoms with Crippen LogP contribution in [0.5, 0.6) is 0 Å². The average Bonchev–Trinajstić information content (AvgIpc) is 2.94. The van der Waals surface area contributed by atoms with Crippen molar-refractivity contribution in [3.63, 3.8) is 0 Å². The van der Waals surface area contributed by atoms with Gasteiger partial charge in [0.05, 0.1) is 6.54 Å². The Morgan fingerprint density at radius 1 is 1.33 bits per heavy atom. The molecule has 0 atom stereocenters. The number of rotatable bonds is 6. The van der Waals surface area contributed by atoms with Gasteiger partial charge >= 0.3 is 0 Å². The van der Waals surface area contributed by atoms with Crippen molar-refractivity contribution in [2.75, 3.05) is 6.54 Å². The van der Waals surface area contributed by atoms with Crippen molar-refractivity contribution in [2.45, 2.75) is 64.8 Å². The van der Waals surface area contributed by atoms with Crippen LogP contribution in [0.4, 0.5) is 0 Å². The van der Waals surface area contributed by atoms with Gasteiger partial charge in [0.1, 0.15) is 0 Å². The van der Waals surface area contributed by atoms with Crippen molar-refractivity contribution >= 4 is 0 Å². The average molecular weight is 251 g/mol. The molecule has 1 N–H and O–H groups in total. The van der Waals surface area contributed by atoms with Crippen LogP contribution in [0.15, 0.2) is 4.52 Å². The van der Waals surface area contributed by atoms with Gasteiger partial charge in [-0.2, -0.15) is 4.98 Å². The van der Waals surface area contributed by atoms with Gasteiger partial charge in [-0.1, -0.05) is 38.8 Å². The Kier molecular flexibility index (Phi) is 4.38. The van der Waals surface area contributed by atoms with Crippen molar-refractivity contribution in [2.24, 2.45) is 5.92 Å². The van der Waals surface area contributed by atoms with Gasteiger partial charge in [0.25, 0.3) is 0 Å². The monoisotopic (exact) mass is 251 g/mol. The van der Waals surface area contributed by atoms with Gasteiger partial charge in [0, 0.05) is 5.41 Å². The van der Waals surface area contributed by atoms with Crippen molar-refractivity contribution in [1.82, 2.24) is 15.5 Å². The highest BCUT2D eigenvalue weighted by Gasteiger charge is 2.41. The van der Waals surface area contributed by atoms with Crippen molar-refractivity contribution in [1.29, 1.82) is 0 Å². The quantitative estimate of drug-likeness (QED) is 0.844. The molecule has 0 radical (unpaired) electrons. The zero-order valence-corrected chi connectivity index (χ0v) is 11.8. The minimum atomic E-state index is 0.158. The molecule has 102 valence electrons. The Balaban J connectivity index is 2.13. The van der Waals surface area contributed by atoms with Gasteiger partial charge in [-0.05, 0) is 31.7 Å². The Morgan fingerprint density at radius 3 is 2.67 bits per heavy atom. The van der Waals surface area contributed by atoms with Gasteiger partial charge in [0.2, 0.25) is 5.89 Å². The van der Waals surface area contributed by atoms with E-state index in [0.29, 0.717) is 12.5 Å². The topological polar surface area (TPSA) is 51.0 Å². The molecule has 0 bridgehead atoms. The molecular formula is C14H25N3O. The van der Waals surface area contributed by atoms with Gasteiger partial charge in [0.15, 0.2) is 5.82 Å². The largest absolute Gasteiger partial charge is 0.339 e. The number of nitrogens with one attached hydrogen (secondary N) is 1. The number of hydrogen-bond acceptors (Lipinski definition) is 4. The lowest BCUT2D eigenvalue weighted by Crippen LogP contribution is -2.25. The third-order valence-electron chi connectivity index (χ3n) is 3.81. The highest BCUT2D eigenvalue weighted by Crippen LogP contribution is 2.44. The fourth-order valence-corrected chi connectivity index (χ4v) is 3.12. The zero-order chi connectivity index (χ0) is 13.0. The zero-order valence-electron chi connectivity index (χ0n) is 11.8. The fourth-order valence-electron chi connectivity index (χ4n) is 3.12. The summed E-state index contributed by atoms with van der Waals surface area (Å²) in [6.07, 6.45) is 6.15. The van der Waals surface area contributed by atoms with E-state index in [1.807, 2.05) is 0 Å². The first-order valence-corrected chi connectivity index (χ1v) is 7.20. The molecule has 1 heterocycles. The maximum absolute atomic E-state index is 5.55. The smallest absolute Gasteiger partial charge is 0.232 e. The molecule has 1 aromatic rings. The van der Waals surface area contributed by atoms with Crippen molar-refractivity contribution < 1.29 is 4.52 Å². The summed E-state index contributed by atoms with van der Waals surface area (Å²) < 4.78 is 5.55. The lowest BCUT2D eigenvalue weighted by atomic mass is 9.78. The first kappa shape index (κ1) is 13.5. The molecule has 4 heteroatoms. The molecule has 4 nitrogen and oxygen atoms in total. The van der Waals surface area contributed by atoms with E-state index in [-0.39, 0.29) is 5.41 Å². The molecule has 0 unspecified atom stereocenters. The summed E-state index contributed by atoms with van der Waals surface area (Å²) >= 11 is 0. The lowest BCUT2D eigenvalue weighted by molar-refractivity contribution is 0.243. The fraction of sp³-hybridized carbons (Fsp3) is 0.857. The Morgan fingerprint density at radius 2 is 2.06 bits per heavy atom. The second-order valence-electron chi connectivity index (χ2n) is 5.88. The van der Waals surface area contributed by atoms with Crippen LogP contribution in [0.1, 0.15) is 64.6 Å². The summed E-state index contributed by atoms with van der Waals surface area (Å²) in [4.78, 5) is 4.61. The normalized spacial score (nSPS) is 18.7. The van der Waals surface area contributed by atoms with Gasteiger partial charge < -0.3 is 9.84 Å². The van der Waals surface area contributed by atoms with Crippen LogP contribution in [0.25, 0.3) is 0 Å². The van der Waals surface area contributed by atoms with E-state index in [2.05, 4.69) is 36.2 Å². The van der Waals surface area contributed by atoms with Crippen LogP contribution < -0.4 is 5.32 Å². The predicted octanol–water partition coefficient (Wildman–Crippen LogP) is 3.04. The molecule has 0 aliphatic heterocycles. The van der Waals surface area contributed by atoms with Crippen LogP contribution in [0, 0.1) is 5.92 Å². The molecule has 1 aliphatic carbocycles. The van der Waals surface area contributed by atoms with Gasteiger partial charge in [-0.3, -0.25) is 0 Å². The minimum Gasteiger partial charge on any atom is -0.339 e. The number of nitrogens with zero attached hydrogens (tertiary/aromatic N) is 2. The van der Waals surface area contributed by atoms with Crippen LogP contribution in [-0.2, 0) is 12.0 Å². The maximum atomic E-state index is 5.55. The van der Waals surface area contributed by atoms with Crippen LogP contribution in [0.2, 0.25) is 0 Å². The molecule has 0 aromatic carbocycles.